The van der Waals surface area contributed by atoms with E-state index in [-0.39, 0.29) is 24.9 Å². The van der Waals surface area contributed by atoms with Gasteiger partial charge in [-0.3, -0.25) is 14.9 Å². The van der Waals surface area contributed by atoms with Crippen LogP contribution < -0.4 is 5.32 Å². The molecule has 0 saturated heterocycles. The van der Waals surface area contributed by atoms with E-state index in [9.17, 15) is 14.9 Å². The van der Waals surface area contributed by atoms with Crippen LogP contribution in [0.4, 0.5) is 0 Å². The normalized spacial score (nSPS) is 13.2. The number of hydrogen-bond donors (Lipinski definition) is 1. The van der Waals surface area contributed by atoms with Crippen LogP contribution in [0.25, 0.3) is 0 Å². The van der Waals surface area contributed by atoms with Crippen LogP contribution in [0.15, 0.2) is 34.9 Å². The molecule has 27 heavy (non-hydrogen) atoms. The second-order valence-electron chi connectivity index (χ2n) is 7.27. The van der Waals surface area contributed by atoms with Gasteiger partial charge in [-0.25, -0.2) is 0 Å². The Hall–Kier alpha value is -1.56. The minimum absolute atomic E-state index is 0.0225. The molecule has 154 valence electrons. The largest absolute Gasteiger partial charge is 0.353 e. The molecule has 1 atom stereocenters. The van der Waals surface area contributed by atoms with E-state index in [0.29, 0.717) is 0 Å². The molecule has 0 aliphatic rings. The van der Waals surface area contributed by atoms with Crippen molar-refractivity contribution in [2.24, 2.45) is 0 Å². The molecule has 0 aliphatic heterocycles. The van der Waals surface area contributed by atoms with Crippen LogP contribution in [-0.4, -0.2) is 34.9 Å². The average Bonchev–Trinajstić information content (AvgIpc) is 2.56. The van der Waals surface area contributed by atoms with E-state index in [1.54, 1.807) is 11.8 Å². The minimum Gasteiger partial charge on any atom is -0.353 e. The van der Waals surface area contributed by atoms with Gasteiger partial charge in [0.25, 0.3) is 0 Å². The zero-order valence-corrected chi connectivity index (χ0v) is 18.4. The van der Waals surface area contributed by atoms with E-state index in [1.165, 1.54) is 16.7 Å². The van der Waals surface area contributed by atoms with E-state index >= 15 is 0 Å². The number of carbonyl (C=O) groups is 1. The zero-order chi connectivity index (χ0) is 20.7. The summed E-state index contributed by atoms with van der Waals surface area (Å²) in [6, 6.07) is 0.0225. The van der Waals surface area contributed by atoms with Gasteiger partial charge >= 0.3 is 0 Å². The van der Waals surface area contributed by atoms with Gasteiger partial charge in [0.15, 0.2) is 0 Å². The molecule has 0 radical (unpaired) electrons. The molecule has 0 fully saturated rings. The van der Waals surface area contributed by atoms with Crippen LogP contribution in [-0.2, 0) is 4.79 Å². The number of nitro groups is 1. The Labute approximate surface area is 168 Å². The van der Waals surface area contributed by atoms with Gasteiger partial charge < -0.3 is 5.32 Å². The molecule has 0 aromatic carbocycles. The second kappa shape index (κ2) is 15.5. The molecule has 0 aromatic rings. The summed E-state index contributed by atoms with van der Waals surface area (Å²) in [5, 5.41) is 13.1. The summed E-state index contributed by atoms with van der Waals surface area (Å²) in [4.78, 5) is 21.3. The Morgan fingerprint density at radius 1 is 1.04 bits per heavy atom. The third kappa shape index (κ3) is 17.6. The molecule has 0 aromatic heterocycles. The topological polar surface area (TPSA) is 72.2 Å². The van der Waals surface area contributed by atoms with Crippen LogP contribution >= 0.6 is 11.8 Å². The van der Waals surface area contributed by atoms with Crippen LogP contribution in [0.3, 0.4) is 0 Å². The average molecular weight is 397 g/mol. The summed E-state index contributed by atoms with van der Waals surface area (Å²) < 4.78 is 0. The van der Waals surface area contributed by atoms with Crippen molar-refractivity contribution in [2.45, 2.75) is 72.8 Å². The highest BCUT2D eigenvalue weighted by Crippen LogP contribution is 2.13. The van der Waals surface area contributed by atoms with Gasteiger partial charge in [-0.05, 0) is 60.3 Å². The lowest BCUT2D eigenvalue weighted by Gasteiger charge is -2.12. The van der Waals surface area contributed by atoms with E-state index in [4.69, 9.17) is 0 Å². The molecule has 6 heteroatoms. The summed E-state index contributed by atoms with van der Waals surface area (Å²) in [6.07, 6.45) is 11.2. The molecule has 0 heterocycles. The summed E-state index contributed by atoms with van der Waals surface area (Å²) in [5.74, 6) is 1.47. The SMILES string of the molecule is CC(C)=CCC/C(C)=C/CC/C(C)=C/CSCC(C)NC(=O)CC[N+](=O)[O-]. The summed E-state index contributed by atoms with van der Waals surface area (Å²) in [7, 11) is 0. The number of thioether (sulfide) groups is 1. The van der Waals surface area contributed by atoms with Gasteiger partial charge in [-0.15, -0.1) is 0 Å². The Balaban J connectivity index is 3.90. The maximum atomic E-state index is 11.5. The van der Waals surface area contributed by atoms with Gasteiger partial charge in [0.1, 0.15) is 0 Å². The first-order chi connectivity index (χ1) is 12.7. The van der Waals surface area contributed by atoms with E-state index < -0.39 is 4.92 Å². The monoisotopic (exact) mass is 396 g/mol. The quantitative estimate of drug-likeness (QED) is 0.187. The number of nitrogens with zero attached hydrogens (tertiary/aromatic N) is 1. The molecule has 0 bridgehead atoms. The maximum absolute atomic E-state index is 11.5. The summed E-state index contributed by atoms with van der Waals surface area (Å²) in [5.41, 5.74) is 4.22. The highest BCUT2D eigenvalue weighted by atomic mass is 32.2. The zero-order valence-electron chi connectivity index (χ0n) is 17.5. The molecule has 0 rings (SSSR count). The lowest BCUT2D eigenvalue weighted by molar-refractivity contribution is -0.478. The van der Waals surface area contributed by atoms with Crippen molar-refractivity contribution in [3.63, 3.8) is 0 Å². The van der Waals surface area contributed by atoms with Crippen LogP contribution in [0.2, 0.25) is 0 Å². The van der Waals surface area contributed by atoms with Crippen molar-refractivity contribution in [3.05, 3.63) is 45.1 Å². The van der Waals surface area contributed by atoms with Crippen molar-refractivity contribution in [1.29, 1.82) is 0 Å². The Morgan fingerprint density at radius 3 is 2.22 bits per heavy atom. The third-order valence-electron chi connectivity index (χ3n) is 3.97. The van der Waals surface area contributed by atoms with Gasteiger partial charge in [0.05, 0.1) is 6.42 Å². The number of rotatable bonds is 14. The lowest BCUT2D eigenvalue weighted by Crippen LogP contribution is -2.35. The van der Waals surface area contributed by atoms with E-state index in [2.05, 4.69) is 51.2 Å². The first-order valence-electron chi connectivity index (χ1n) is 9.64. The second-order valence-corrected chi connectivity index (χ2v) is 8.35. The maximum Gasteiger partial charge on any atom is 0.226 e. The fourth-order valence-corrected chi connectivity index (χ4v) is 3.34. The first kappa shape index (κ1) is 25.4. The highest BCUT2D eigenvalue weighted by molar-refractivity contribution is 7.99. The van der Waals surface area contributed by atoms with Crippen molar-refractivity contribution < 1.29 is 9.72 Å². The van der Waals surface area contributed by atoms with E-state index in [0.717, 1.165) is 37.2 Å². The molecule has 0 spiro atoms. The number of carbonyl (C=O) groups excluding carboxylic acids is 1. The summed E-state index contributed by atoms with van der Waals surface area (Å²) in [6.45, 7) is 10.3. The highest BCUT2D eigenvalue weighted by Gasteiger charge is 2.09. The molecular weight excluding hydrogens is 360 g/mol. The number of amides is 1. The van der Waals surface area contributed by atoms with Crippen LogP contribution in [0.1, 0.15) is 66.7 Å². The van der Waals surface area contributed by atoms with E-state index in [1.807, 2.05) is 6.92 Å². The predicted octanol–water partition coefficient (Wildman–Crippen LogP) is 5.31. The van der Waals surface area contributed by atoms with Crippen molar-refractivity contribution in [3.8, 4) is 0 Å². The van der Waals surface area contributed by atoms with Crippen LogP contribution in [0.5, 0.6) is 0 Å². The minimum atomic E-state index is -0.466. The molecule has 1 unspecified atom stereocenters. The molecule has 5 nitrogen and oxygen atoms in total. The van der Waals surface area contributed by atoms with Gasteiger partial charge in [0.2, 0.25) is 12.5 Å². The Morgan fingerprint density at radius 2 is 1.63 bits per heavy atom. The fraction of sp³-hybridized carbons (Fsp3) is 0.667. The Bertz CT molecular complexity index is 550. The Kier molecular flexibility index (Phi) is 14.6. The van der Waals surface area contributed by atoms with Crippen molar-refractivity contribution in [1.82, 2.24) is 5.32 Å². The molecule has 0 aliphatic carbocycles. The van der Waals surface area contributed by atoms with Gasteiger partial charge in [0, 0.05) is 22.5 Å². The lowest BCUT2D eigenvalue weighted by atomic mass is 10.1. The molecule has 1 N–H and O–H groups in total. The van der Waals surface area contributed by atoms with Crippen LogP contribution in [0, 0.1) is 10.1 Å². The number of hydrogen-bond acceptors (Lipinski definition) is 4. The molecule has 0 saturated carbocycles. The van der Waals surface area contributed by atoms with Crippen molar-refractivity contribution in [2.75, 3.05) is 18.1 Å². The van der Waals surface area contributed by atoms with Gasteiger partial charge in [-0.2, -0.15) is 11.8 Å². The summed E-state index contributed by atoms with van der Waals surface area (Å²) >= 11 is 1.76. The third-order valence-corrected chi connectivity index (χ3v) is 5.11. The molecule has 1 amide bonds. The number of nitrogens with one attached hydrogen (secondary N) is 1. The molecular formula is C21H36N2O3S. The number of allylic oxidation sites excluding steroid dienone is 5. The predicted molar refractivity (Wildman–Crippen MR) is 117 cm³/mol. The first-order valence-corrected chi connectivity index (χ1v) is 10.8. The van der Waals surface area contributed by atoms with Crippen molar-refractivity contribution >= 4 is 17.7 Å². The standard InChI is InChI=1S/C21H36N2O3S/c1-17(2)8-6-9-18(3)10-7-11-19(4)13-15-27-16-20(5)22-21(24)12-14-23(25)26/h8,10,13,20H,6-7,9,11-12,14-16H2,1-5H3,(H,22,24)/b18-10+,19-13+. The van der Waals surface area contributed by atoms with Gasteiger partial charge in [-0.1, -0.05) is 34.9 Å². The fourth-order valence-electron chi connectivity index (χ4n) is 2.37. The smallest absolute Gasteiger partial charge is 0.226 e.